The SMILES string of the molecule is NC(=O)c1cnc2c(c1)c(=O)[nH]c(=O)n2-c1cc(S(=O)(=O)N2CCCc3ccccc32)ccc1Cl. The molecule has 178 valence electrons. The van der Waals surface area contributed by atoms with Crippen molar-refractivity contribution in [3.8, 4) is 5.69 Å². The number of aryl methyl sites for hydroxylation is 1. The highest BCUT2D eigenvalue weighted by atomic mass is 35.5. The van der Waals surface area contributed by atoms with Crippen LogP contribution in [0.2, 0.25) is 5.02 Å². The number of aromatic amines is 1. The summed E-state index contributed by atoms with van der Waals surface area (Å²) < 4.78 is 29.6. The molecule has 0 atom stereocenters. The topological polar surface area (TPSA) is 148 Å². The van der Waals surface area contributed by atoms with Gasteiger partial charge in [0.25, 0.3) is 15.6 Å². The number of nitrogens with two attached hydrogens (primary N) is 1. The fourth-order valence-corrected chi connectivity index (χ4v) is 5.94. The Morgan fingerprint density at radius 3 is 2.63 bits per heavy atom. The normalized spacial score (nSPS) is 13.6. The quantitative estimate of drug-likeness (QED) is 0.428. The first-order chi connectivity index (χ1) is 16.7. The molecule has 35 heavy (non-hydrogen) atoms. The van der Waals surface area contributed by atoms with Crippen LogP contribution < -0.4 is 21.3 Å². The number of sulfonamides is 1. The Morgan fingerprint density at radius 1 is 1.09 bits per heavy atom. The first-order valence-corrected chi connectivity index (χ1v) is 12.4. The summed E-state index contributed by atoms with van der Waals surface area (Å²) in [6.45, 7) is 0.302. The molecule has 0 saturated heterocycles. The average Bonchev–Trinajstić information content (AvgIpc) is 2.84. The predicted octanol–water partition coefficient (Wildman–Crippen LogP) is 1.97. The number of amides is 1. The Hall–Kier alpha value is -3.96. The molecule has 2 aromatic heterocycles. The van der Waals surface area contributed by atoms with Gasteiger partial charge < -0.3 is 5.73 Å². The number of primary amides is 1. The van der Waals surface area contributed by atoms with Gasteiger partial charge in [-0.3, -0.25) is 18.9 Å². The zero-order valence-corrected chi connectivity index (χ0v) is 19.6. The molecular weight excluding hydrogens is 494 g/mol. The fraction of sp³-hybridized carbons (Fsp3) is 0.130. The number of carbonyl (C=O) groups is 1. The highest BCUT2D eigenvalue weighted by Crippen LogP contribution is 2.33. The lowest BCUT2D eigenvalue weighted by Gasteiger charge is -2.30. The van der Waals surface area contributed by atoms with Gasteiger partial charge in [0, 0.05) is 12.7 Å². The number of anilines is 1. The van der Waals surface area contributed by atoms with Crippen LogP contribution in [0, 0.1) is 0 Å². The molecule has 1 aliphatic rings. The molecule has 0 fully saturated rings. The second-order valence-electron chi connectivity index (χ2n) is 7.98. The first-order valence-electron chi connectivity index (χ1n) is 10.5. The molecule has 0 bridgehead atoms. The lowest BCUT2D eigenvalue weighted by atomic mass is 10.0. The minimum Gasteiger partial charge on any atom is -0.366 e. The fourth-order valence-electron chi connectivity index (χ4n) is 4.18. The van der Waals surface area contributed by atoms with E-state index in [0.29, 0.717) is 18.7 Å². The van der Waals surface area contributed by atoms with E-state index in [1.807, 2.05) is 12.1 Å². The summed E-state index contributed by atoms with van der Waals surface area (Å²) in [5, 5.41) is -0.0330. The van der Waals surface area contributed by atoms with Crippen LogP contribution in [0.3, 0.4) is 0 Å². The number of nitrogens with zero attached hydrogens (tertiary/aromatic N) is 3. The lowest BCUT2D eigenvalue weighted by molar-refractivity contribution is 0.1000. The Labute approximate surface area is 203 Å². The number of carbonyl (C=O) groups excluding carboxylic acids is 1. The van der Waals surface area contributed by atoms with Gasteiger partial charge in [0.1, 0.15) is 0 Å². The summed E-state index contributed by atoms with van der Waals surface area (Å²) in [5.74, 6) is -0.801. The van der Waals surface area contributed by atoms with Crippen LogP contribution in [0.25, 0.3) is 16.7 Å². The van der Waals surface area contributed by atoms with E-state index < -0.39 is 27.2 Å². The zero-order chi connectivity index (χ0) is 24.9. The molecule has 1 amide bonds. The summed E-state index contributed by atoms with van der Waals surface area (Å²) in [6, 6.07) is 12.5. The number of nitrogens with one attached hydrogen (secondary N) is 1. The number of para-hydroxylation sites is 1. The van der Waals surface area contributed by atoms with Crippen LogP contribution >= 0.6 is 11.6 Å². The van der Waals surface area contributed by atoms with Gasteiger partial charge in [0.15, 0.2) is 5.65 Å². The number of halogens is 1. The van der Waals surface area contributed by atoms with Gasteiger partial charge in [-0.05, 0) is 48.7 Å². The number of H-pyrrole nitrogens is 1. The third-order valence-electron chi connectivity index (χ3n) is 5.85. The van der Waals surface area contributed by atoms with Crippen LogP contribution in [-0.2, 0) is 16.4 Å². The van der Waals surface area contributed by atoms with Crippen molar-refractivity contribution in [3.63, 3.8) is 0 Å². The molecule has 0 unspecified atom stereocenters. The van der Waals surface area contributed by atoms with Crippen LogP contribution in [0.5, 0.6) is 0 Å². The molecule has 2 aromatic carbocycles. The van der Waals surface area contributed by atoms with Gasteiger partial charge in [-0.15, -0.1) is 0 Å². The van der Waals surface area contributed by atoms with Crippen molar-refractivity contribution in [2.75, 3.05) is 10.8 Å². The number of hydrogen-bond donors (Lipinski definition) is 2. The van der Waals surface area contributed by atoms with Gasteiger partial charge >= 0.3 is 5.69 Å². The Bertz CT molecular complexity index is 1750. The van der Waals surface area contributed by atoms with Crippen molar-refractivity contribution in [2.24, 2.45) is 5.73 Å². The van der Waals surface area contributed by atoms with Crippen LogP contribution in [0.15, 0.2) is 69.2 Å². The Morgan fingerprint density at radius 2 is 1.86 bits per heavy atom. The van der Waals surface area contributed by atoms with Crippen LogP contribution in [0.1, 0.15) is 22.3 Å². The molecule has 1 aliphatic heterocycles. The smallest absolute Gasteiger partial charge is 0.334 e. The zero-order valence-electron chi connectivity index (χ0n) is 18.1. The van der Waals surface area contributed by atoms with Crippen molar-refractivity contribution >= 4 is 44.3 Å². The number of aromatic nitrogens is 3. The standard InChI is InChI=1S/C23H18ClN5O5S/c24-17-8-7-15(35(33,34)28-9-3-5-13-4-1-2-6-18(13)28)11-19(17)29-21-16(22(31)27-23(29)32)10-14(12-26-21)20(25)30/h1-2,4,6-8,10-12H,3,5,9H2,(H2,25,30)(H,27,31,32). The largest absolute Gasteiger partial charge is 0.366 e. The average molecular weight is 512 g/mol. The van der Waals surface area contributed by atoms with E-state index in [1.54, 1.807) is 12.1 Å². The van der Waals surface area contributed by atoms with Gasteiger partial charge in [-0.25, -0.2) is 22.8 Å². The number of fused-ring (bicyclic) bond motifs is 2. The van der Waals surface area contributed by atoms with Crippen LogP contribution in [-0.4, -0.2) is 35.4 Å². The van der Waals surface area contributed by atoms with E-state index >= 15 is 0 Å². The van der Waals surface area contributed by atoms with E-state index in [2.05, 4.69) is 9.97 Å². The van der Waals surface area contributed by atoms with Gasteiger partial charge in [-0.2, -0.15) is 0 Å². The van der Waals surface area contributed by atoms with Crippen molar-refractivity contribution < 1.29 is 13.2 Å². The maximum atomic E-state index is 13.6. The van der Waals surface area contributed by atoms with Gasteiger partial charge in [0.2, 0.25) is 5.91 Å². The molecule has 4 aromatic rings. The van der Waals surface area contributed by atoms with Crippen molar-refractivity contribution in [1.29, 1.82) is 0 Å². The summed E-state index contributed by atoms with van der Waals surface area (Å²) in [4.78, 5) is 42.9. The second-order valence-corrected chi connectivity index (χ2v) is 10.2. The molecule has 10 nitrogen and oxygen atoms in total. The highest BCUT2D eigenvalue weighted by Gasteiger charge is 2.30. The molecular formula is C23H18ClN5O5S. The van der Waals surface area contributed by atoms with E-state index in [0.717, 1.165) is 22.7 Å². The van der Waals surface area contributed by atoms with Gasteiger partial charge in [0.05, 0.1) is 32.2 Å². The summed E-state index contributed by atoms with van der Waals surface area (Å²) in [7, 11) is -4.01. The molecule has 5 rings (SSSR count). The summed E-state index contributed by atoms with van der Waals surface area (Å²) >= 11 is 6.38. The van der Waals surface area contributed by atoms with E-state index in [-0.39, 0.29) is 32.2 Å². The minimum atomic E-state index is -4.01. The van der Waals surface area contributed by atoms with Gasteiger partial charge in [-0.1, -0.05) is 29.8 Å². The highest BCUT2D eigenvalue weighted by molar-refractivity contribution is 7.92. The molecule has 3 N–H and O–H groups in total. The predicted molar refractivity (Wildman–Crippen MR) is 131 cm³/mol. The molecule has 0 radical (unpaired) electrons. The van der Waals surface area contributed by atoms with E-state index in [1.165, 1.54) is 28.6 Å². The third kappa shape index (κ3) is 3.78. The molecule has 12 heteroatoms. The Kier molecular flexibility index (Phi) is 5.45. The second kappa shape index (κ2) is 8.36. The van der Waals surface area contributed by atoms with Crippen molar-refractivity contribution in [2.45, 2.75) is 17.7 Å². The Balaban J connectivity index is 1.71. The lowest BCUT2D eigenvalue weighted by Crippen LogP contribution is -2.35. The van der Waals surface area contributed by atoms with Crippen molar-refractivity contribution in [1.82, 2.24) is 14.5 Å². The maximum absolute atomic E-state index is 13.6. The molecule has 0 aliphatic carbocycles. The number of rotatable bonds is 4. The maximum Gasteiger partial charge on any atom is 0.334 e. The number of benzene rings is 2. The minimum absolute atomic E-state index is 0.00334. The summed E-state index contributed by atoms with van der Waals surface area (Å²) in [6.07, 6.45) is 2.55. The first kappa shape index (κ1) is 22.8. The number of pyridine rings is 1. The molecule has 3 heterocycles. The molecule has 0 saturated carbocycles. The van der Waals surface area contributed by atoms with E-state index in [4.69, 9.17) is 17.3 Å². The summed E-state index contributed by atoms with van der Waals surface area (Å²) in [5.41, 5.74) is 5.02. The van der Waals surface area contributed by atoms with Crippen LogP contribution in [0.4, 0.5) is 5.69 Å². The number of hydrogen-bond acceptors (Lipinski definition) is 6. The molecule has 0 spiro atoms. The third-order valence-corrected chi connectivity index (χ3v) is 7.97. The van der Waals surface area contributed by atoms with Crippen molar-refractivity contribution in [3.05, 3.63) is 91.7 Å². The monoisotopic (exact) mass is 511 g/mol. The van der Waals surface area contributed by atoms with E-state index in [9.17, 15) is 22.8 Å².